The molecule has 0 radical (unpaired) electrons. The lowest BCUT2D eigenvalue weighted by molar-refractivity contribution is -0.384. The Morgan fingerprint density at radius 3 is 2.65 bits per heavy atom. The number of benzene rings is 3. The number of anilines is 4. The van der Waals surface area contributed by atoms with Gasteiger partial charge in [0.2, 0.25) is 17.8 Å². The van der Waals surface area contributed by atoms with E-state index in [1.165, 1.54) is 31.5 Å². The molecule has 0 amide bonds. The highest BCUT2D eigenvalue weighted by Gasteiger charge is 2.17. The molecular formula is C25H24N8O4. The number of methoxy groups -OCH3 is 1. The van der Waals surface area contributed by atoms with Crippen LogP contribution in [-0.2, 0) is 4.74 Å². The number of hydrogen-bond donors (Lipinski definition) is 2. The van der Waals surface area contributed by atoms with Crippen molar-refractivity contribution in [1.82, 2.24) is 15.0 Å². The van der Waals surface area contributed by atoms with Gasteiger partial charge in [0.25, 0.3) is 5.69 Å². The summed E-state index contributed by atoms with van der Waals surface area (Å²) in [6.07, 6.45) is 1.42. The molecule has 1 fully saturated rings. The van der Waals surface area contributed by atoms with E-state index < -0.39 is 4.92 Å². The van der Waals surface area contributed by atoms with Crippen LogP contribution in [0.2, 0.25) is 0 Å². The quantitative estimate of drug-likeness (QED) is 0.207. The van der Waals surface area contributed by atoms with E-state index in [4.69, 9.17) is 9.47 Å². The lowest BCUT2D eigenvalue weighted by Gasteiger charge is -2.27. The van der Waals surface area contributed by atoms with Gasteiger partial charge in [-0.15, -0.1) is 0 Å². The van der Waals surface area contributed by atoms with Crippen molar-refractivity contribution in [3.05, 3.63) is 76.3 Å². The van der Waals surface area contributed by atoms with Crippen molar-refractivity contribution in [3.63, 3.8) is 0 Å². The Kier molecular flexibility index (Phi) is 6.99. The Morgan fingerprint density at radius 1 is 1.05 bits per heavy atom. The number of rotatable bonds is 8. The van der Waals surface area contributed by atoms with Gasteiger partial charge in [-0.1, -0.05) is 36.4 Å². The normalized spacial score (nSPS) is 13.6. The molecule has 1 aliphatic rings. The Labute approximate surface area is 212 Å². The van der Waals surface area contributed by atoms with Gasteiger partial charge in [-0.25, -0.2) is 5.43 Å². The molecule has 0 spiro atoms. The molecule has 12 nitrogen and oxygen atoms in total. The maximum atomic E-state index is 11.2. The first kappa shape index (κ1) is 23.9. The van der Waals surface area contributed by atoms with E-state index in [2.05, 4.69) is 30.8 Å². The lowest BCUT2D eigenvalue weighted by Crippen LogP contribution is -2.37. The highest BCUT2D eigenvalue weighted by atomic mass is 16.6. The zero-order chi connectivity index (χ0) is 25.6. The summed E-state index contributed by atoms with van der Waals surface area (Å²) in [6, 6.07) is 18.3. The Hall–Kier alpha value is -4.84. The molecule has 2 heterocycles. The molecule has 2 N–H and O–H groups in total. The average Bonchev–Trinajstić information content (AvgIpc) is 2.93. The summed E-state index contributed by atoms with van der Waals surface area (Å²) in [5.41, 5.74) is 4.04. The van der Waals surface area contributed by atoms with Crippen molar-refractivity contribution in [2.75, 3.05) is 49.1 Å². The highest BCUT2D eigenvalue weighted by molar-refractivity contribution is 5.95. The topological polar surface area (TPSA) is 140 Å². The summed E-state index contributed by atoms with van der Waals surface area (Å²) in [4.78, 5) is 26.4. The predicted molar refractivity (Wildman–Crippen MR) is 141 cm³/mol. The van der Waals surface area contributed by atoms with Crippen molar-refractivity contribution >= 4 is 46.2 Å². The minimum Gasteiger partial charge on any atom is -0.496 e. The van der Waals surface area contributed by atoms with Crippen LogP contribution in [0.3, 0.4) is 0 Å². The van der Waals surface area contributed by atoms with Crippen LogP contribution in [0.5, 0.6) is 5.75 Å². The van der Waals surface area contributed by atoms with Crippen LogP contribution in [0.4, 0.5) is 29.2 Å². The number of non-ortho nitro benzene ring substituents is 1. The molecular weight excluding hydrogens is 476 g/mol. The summed E-state index contributed by atoms with van der Waals surface area (Å²) in [5.74, 6) is 1.48. The van der Waals surface area contributed by atoms with E-state index >= 15 is 0 Å². The number of hydrazone groups is 1. The van der Waals surface area contributed by atoms with Crippen molar-refractivity contribution < 1.29 is 14.4 Å². The number of fused-ring (bicyclic) bond motifs is 1. The van der Waals surface area contributed by atoms with Crippen LogP contribution in [0.25, 0.3) is 10.8 Å². The second kappa shape index (κ2) is 10.8. The van der Waals surface area contributed by atoms with Crippen LogP contribution in [0.15, 0.2) is 65.8 Å². The van der Waals surface area contributed by atoms with Crippen molar-refractivity contribution in [3.8, 4) is 5.75 Å². The largest absolute Gasteiger partial charge is 0.496 e. The van der Waals surface area contributed by atoms with E-state index in [-0.39, 0.29) is 11.6 Å². The number of morpholine rings is 1. The van der Waals surface area contributed by atoms with Gasteiger partial charge in [0.05, 0.1) is 31.5 Å². The lowest BCUT2D eigenvalue weighted by atomic mass is 10.1. The molecule has 1 aromatic heterocycles. The zero-order valence-electron chi connectivity index (χ0n) is 20.0. The number of nitrogens with one attached hydrogen (secondary N) is 2. The number of ether oxygens (including phenoxy) is 2. The van der Waals surface area contributed by atoms with E-state index in [0.29, 0.717) is 49.5 Å². The smallest absolute Gasteiger partial charge is 0.270 e. The highest BCUT2D eigenvalue weighted by Crippen LogP contribution is 2.26. The van der Waals surface area contributed by atoms with Gasteiger partial charge in [-0.2, -0.15) is 20.1 Å². The van der Waals surface area contributed by atoms with Gasteiger partial charge in [-0.05, 0) is 17.5 Å². The van der Waals surface area contributed by atoms with Crippen LogP contribution < -0.4 is 20.4 Å². The van der Waals surface area contributed by atoms with E-state index in [0.717, 1.165) is 16.5 Å². The van der Waals surface area contributed by atoms with Gasteiger partial charge >= 0.3 is 0 Å². The predicted octanol–water partition coefficient (Wildman–Crippen LogP) is 3.97. The second-order valence-electron chi connectivity index (χ2n) is 8.09. The first-order valence-corrected chi connectivity index (χ1v) is 11.6. The molecule has 0 atom stereocenters. The molecule has 1 saturated heterocycles. The fourth-order valence-electron chi connectivity index (χ4n) is 3.93. The molecule has 188 valence electrons. The molecule has 4 aromatic rings. The summed E-state index contributed by atoms with van der Waals surface area (Å²) in [6.45, 7) is 2.44. The third-order valence-corrected chi connectivity index (χ3v) is 5.75. The van der Waals surface area contributed by atoms with Gasteiger partial charge in [0, 0.05) is 41.9 Å². The molecule has 3 aromatic carbocycles. The molecule has 0 bridgehead atoms. The van der Waals surface area contributed by atoms with Crippen LogP contribution in [0, 0.1) is 10.1 Å². The first-order chi connectivity index (χ1) is 18.1. The molecule has 12 heteroatoms. The minimum absolute atomic E-state index is 0.0708. The molecule has 5 rings (SSSR count). The zero-order valence-corrected chi connectivity index (χ0v) is 20.0. The maximum absolute atomic E-state index is 11.2. The second-order valence-corrected chi connectivity index (χ2v) is 8.09. The van der Waals surface area contributed by atoms with Crippen molar-refractivity contribution in [2.45, 2.75) is 0 Å². The summed E-state index contributed by atoms with van der Waals surface area (Å²) in [7, 11) is 1.48. The summed E-state index contributed by atoms with van der Waals surface area (Å²) in [5, 5.41) is 20.8. The Bertz CT molecular complexity index is 1450. The van der Waals surface area contributed by atoms with Crippen molar-refractivity contribution in [1.29, 1.82) is 0 Å². The van der Waals surface area contributed by atoms with Gasteiger partial charge in [-0.3, -0.25) is 10.1 Å². The fourth-order valence-corrected chi connectivity index (χ4v) is 3.93. The monoisotopic (exact) mass is 500 g/mol. The molecule has 1 aliphatic heterocycles. The number of hydrogen-bond acceptors (Lipinski definition) is 11. The maximum Gasteiger partial charge on any atom is 0.270 e. The number of aromatic nitrogens is 3. The van der Waals surface area contributed by atoms with Gasteiger partial charge < -0.3 is 19.7 Å². The van der Waals surface area contributed by atoms with E-state index in [9.17, 15) is 10.1 Å². The van der Waals surface area contributed by atoms with Crippen LogP contribution in [0.1, 0.15) is 5.56 Å². The molecule has 0 aliphatic carbocycles. The third-order valence-electron chi connectivity index (χ3n) is 5.75. The Balaban J connectivity index is 1.45. The number of nitro benzene ring substituents is 1. The molecule has 0 unspecified atom stereocenters. The Morgan fingerprint density at radius 2 is 1.84 bits per heavy atom. The van der Waals surface area contributed by atoms with E-state index in [1.807, 2.05) is 47.4 Å². The fraction of sp³-hybridized carbons (Fsp3) is 0.200. The number of nitro groups is 1. The summed E-state index contributed by atoms with van der Waals surface area (Å²) < 4.78 is 10.8. The first-order valence-electron chi connectivity index (χ1n) is 11.6. The van der Waals surface area contributed by atoms with E-state index in [1.54, 1.807) is 0 Å². The van der Waals surface area contributed by atoms with Crippen LogP contribution >= 0.6 is 0 Å². The van der Waals surface area contributed by atoms with Gasteiger partial charge in [0.1, 0.15) is 5.75 Å². The molecule has 37 heavy (non-hydrogen) atoms. The summed E-state index contributed by atoms with van der Waals surface area (Å²) >= 11 is 0. The average molecular weight is 501 g/mol. The standard InChI is InChI=1S/C25H24N8O4/c1-36-22-10-9-19(33(34)35)15-18(22)16-26-31-24-28-23(29-25(30-24)32-11-13-37-14-12-32)27-21-8-4-6-17-5-2-3-7-20(17)21/h2-10,15-16H,11-14H2,1H3,(H2,27,28,29,30,31)/b26-16+. The van der Waals surface area contributed by atoms with Gasteiger partial charge in [0.15, 0.2) is 0 Å². The number of nitrogens with zero attached hydrogens (tertiary/aromatic N) is 6. The third kappa shape index (κ3) is 5.54. The SMILES string of the molecule is COc1ccc([N+](=O)[O-])cc1/C=N/Nc1nc(Nc2cccc3ccccc23)nc(N2CCOCC2)n1. The van der Waals surface area contributed by atoms with Crippen LogP contribution in [-0.4, -0.2) is 59.5 Å². The minimum atomic E-state index is -0.476. The molecule has 0 saturated carbocycles. The van der Waals surface area contributed by atoms with Crippen molar-refractivity contribution in [2.24, 2.45) is 5.10 Å².